The summed E-state index contributed by atoms with van der Waals surface area (Å²) in [7, 11) is 0. The number of aromatic nitrogens is 1. The van der Waals surface area contributed by atoms with Gasteiger partial charge < -0.3 is 5.73 Å². The summed E-state index contributed by atoms with van der Waals surface area (Å²) in [6.45, 7) is 0. The molecular formula is C9H10F2N2. The Morgan fingerprint density at radius 3 is 2.69 bits per heavy atom. The second-order valence-electron chi connectivity index (χ2n) is 3.38. The molecule has 2 N–H and O–H groups in total. The van der Waals surface area contributed by atoms with Gasteiger partial charge in [0.1, 0.15) is 11.6 Å². The van der Waals surface area contributed by atoms with Gasteiger partial charge in [0.15, 0.2) is 0 Å². The monoisotopic (exact) mass is 184 g/mol. The van der Waals surface area contributed by atoms with Gasteiger partial charge in [0, 0.05) is 6.07 Å². The van der Waals surface area contributed by atoms with Gasteiger partial charge in [-0.25, -0.2) is 8.78 Å². The first kappa shape index (κ1) is 8.56. The standard InChI is InChI=1S/C9H10F2N2/c10-6-3-7(11)9(13-4-6)8(12)5-1-2-5/h3-5,8H,1-2,12H2/t8-/m1/s1. The van der Waals surface area contributed by atoms with E-state index in [1.807, 2.05) is 0 Å². The predicted octanol–water partition coefficient (Wildman–Crippen LogP) is 1.77. The summed E-state index contributed by atoms with van der Waals surface area (Å²) in [5.41, 5.74) is 5.91. The van der Waals surface area contributed by atoms with E-state index < -0.39 is 11.6 Å². The highest BCUT2D eigenvalue weighted by Crippen LogP contribution is 2.39. The molecule has 70 valence electrons. The molecule has 0 bridgehead atoms. The smallest absolute Gasteiger partial charge is 0.149 e. The minimum atomic E-state index is -0.663. The Balaban J connectivity index is 2.28. The molecular weight excluding hydrogens is 174 g/mol. The zero-order valence-corrected chi connectivity index (χ0v) is 7.00. The van der Waals surface area contributed by atoms with Gasteiger partial charge in [-0.3, -0.25) is 4.98 Å². The van der Waals surface area contributed by atoms with Gasteiger partial charge >= 0.3 is 0 Å². The average Bonchev–Trinajstić information content (AvgIpc) is 2.85. The molecule has 1 aliphatic rings. The molecule has 1 aromatic heterocycles. The van der Waals surface area contributed by atoms with Crippen molar-refractivity contribution in [3.05, 3.63) is 29.6 Å². The van der Waals surface area contributed by atoms with E-state index in [0.717, 1.165) is 25.1 Å². The maximum absolute atomic E-state index is 13.1. The third kappa shape index (κ3) is 1.67. The summed E-state index contributed by atoms with van der Waals surface area (Å²) in [5, 5.41) is 0. The molecule has 2 rings (SSSR count). The van der Waals surface area contributed by atoms with Crippen LogP contribution in [0.4, 0.5) is 8.78 Å². The van der Waals surface area contributed by atoms with Crippen LogP contribution in [0.3, 0.4) is 0 Å². The molecule has 1 saturated carbocycles. The van der Waals surface area contributed by atoms with E-state index in [-0.39, 0.29) is 11.7 Å². The van der Waals surface area contributed by atoms with Crippen molar-refractivity contribution in [1.29, 1.82) is 0 Å². The van der Waals surface area contributed by atoms with E-state index in [4.69, 9.17) is 5.73 Å². The SMILES string of the molecule is N[C@@H](c1ncc(F)cc1F)C1CC1. The molecule has 0 amide bonds. The van der Waals surface area contributed by atoms with Crippen molar-refractivity contribution in [1.82, 2.24) is 4.98 Å². The van der Waals surface area contributed by atoms with E-state index >= 15 is 0 Å². The van der Waals surface area contributed by atoms with Gasteiger partial charge in [-0.15, -0.1) is 0 Å². The van der Waals surface area contributed by atoms with Gasteiger partial charge in [0.05, 0.1) is 17.9 Å². The highest BCUT2D eigenvalue weighted by atomic mass is 19.1. The van der Waals surface area contributed by atoms with Crippen molar-refractivity contribution < 1.29 is 8.78 Å². The zero-order chi connectivity index (χ0) is 9.42. The Hall–Kier alpha value is -1.03. The molecule has 0 spiro atoms. The van der Waals surface area contributed by atoms with Crippen molar-refractivity contribution in [3.8, 4) is 0 Å². The summed E-state index contributed by atoms with van der Waals surface area (Å²) >= 11 is 0. The van der Waals surface area contributed by atoms with Crippen LogP contribution in [-0.2, 0) is 0 Å². The first-order chi connectivity index (χ1) is 6.18. The first-order valence-corrected chi connectivity index (χ1v) is 4.25. The lowest BCUT2D eigenvalue weighted by Gasteiger charge is -2.09. The van der Waals surface area contributed by atoms with Crippen LogP contribution in [0.5, 0.6) is 0 Å². The lowest BCUT2D eigenvalue weighted by atomic mass is 10.1. The van der Waals surface area contributed by atoms with Crippen LogP contribution in [-0.4, -0.2) is 4.98 Å². The molecule has 1 heterocycles. The van der Waals surface area contributed by atoms with Crippen LogP contribution in [0.25, 0.3) is 0 Å². The van der Waals surface area contributed by atoms with Crippen LogP contribution in [0.2, 0.25) is 0 Å². The number of hydrogen-bond acceptors (Lipinski definition) is 2. The highest BCUT2D eigenvalue weighted by molar-refractivity contribution is 5.14. The summed E-state index contributed by atoms with van der Waals surface area (Å²) in [6, 6.07) is 0.450. The van der Waals surface area contributed by atoms with E-state index in [1.54, 1.807) is 0 Å². The fraction of sp³-hybridized carbons (Fsp3) is 0.444. The topological polar surface area (TPSA) is 38.9 Å². The normalized spacial score (nSPS) is 18.7. The molecule has 0 aliphatic heterocycles. The lowest BCUT2D eigenvalue weighted by molar-refractivity contribution is 0.516. The molecule has 2 nitrogen and oxygen atoms in total. The predicted molar refractivity (Wildman–Crippen MR) is 43.8 cm³/mol. The summed E-state index contributed by atoms with van der Waals surface area (Å²) in [4.78, 5) is 3.66. The molecule has 4 heteroatoms. The second kappa shape index (κ2) is 3.03. The van der Waals surface area contributed by atoms with Crippen LogP contribution in [0.15, 0.2) is 12.3 Å². The number of halogens is 2. The van der Waals surface area contributed by atoms with Gasteiger partial charge in [0.25, 0.3) is 0 Å². The summed E-state index contributed by atoms with van der Waals surface area (Å²) in [6.07, 6.45) is 3.03. The van der Waals surface area contributed by atoms with Crippen LogP contribution < -0.4 is 5.73 Å². The van der Waals surface area contributed by atoms with Gasteiger partial charge in [-0.1, -0.05) is 0 Å². The van der Waals surface area contributed by atoms with Gasteiger partial charge in [0.2, 0.25) is 0 Å². The number of pyridine rings is 1. The lowest BCUT2D eigenvalue weighted by Crippen LogP contribution is -2.16. The average molecular weight is 184 g/mol. The largest absolute Gasteiger partial charge is 0.322 e. The molecule has 0 saturated heterocycles. The van der Waals surface area contributed by atoms with Gasteiger partial charge in [-0.2, -0.15) is 0 Å². The fourth-order valence-electron chi connectivity index (χ4n) is 1.35. The Morgan fingerprint density at radius 2 is 2.15 bits per heavy atom. The second-order valence-corrected chi connectivity index (χ2v) is 3.38. The maximum Gasteiger partial charge on any atom is 0.149 e. The quantitative estimate of drug-likeness (QED) is 0.760. The molecule has 1 aromatic rings. The van der Waals surface area contributed by atoms with Crippen LogP contribution >= 0.6 is 0 Å². The first-order valence-electron chi connectivity index (χ1n) is 4.25. The van der Waals surface area contributed by atoms with E-state index in [0.29, 0.717) is 5.92 Å². The summed E-state index contributed by atoms with van der Waals surface area (Å²) in [5.74, 6) is -0.976. The molecule has 1 fully saturated rings. The number of hydrogen-bond donors (Lipinski definition) is 1. The van der Waals surface area contributed by atoms with Crippen molar-refractivity contribution in [2.45, 2.75) is 18.9 Å². The Bertz CT molecular complexity index is 323. The highest BCUT2D eigenvalue weighted by Gasteiger charge is 2.32. The van der Waals surface area contributed by atoms with E-state index in [1.165, 1.54) is 0 Å². The van der Waals surface area contributed by atoms with Crippen molar-refractivity contribution >= 4 is 0 Å². The number of nitrogens with zero attached hydrogens (tertiary/aromatic N) is 1. The van der Waals surface area contributed by atoms with Crippen molar-refractivity contribution in [3.63, 3.8) is 0 Å². The molecule has 13 heavy (non-hydrogen) atoms. The van der Waals surface area contributed by atoms with Crippen molar-refractivity contribution in [2.75, 3.05) is 0 Å². The minimum Gasteiger partial charge on any atom is -0.322 e. The van der Waals surface area contributed by atoms with Crippen LogP contribution in [0, 0.1) is 17.6 Å². The van der Waals surface area contributed by atoms with E-state index in [2.05, 4.69) is 4.98 Å². The third-order valence-electron chi connectivity index (χ3n) is 2.28. The number of rotatable bonds is 2. The molecule has 0 aromatic carbocycles. The fourth-order valence-corrected chi connectivity index (χ4v) is 1.35. The van der Waals surface area contributed by atoms with Crippen molar-refractivity contribution in [2.24, 2.45) is 11.7 Å². The van der Waals surface area contributed by atoms with Gasteiger partial charge in [-0.05, 0) is 18.8 Å². The Kier molecular flexibility index (Phi) is 2.00. The molecule has 0 unspecified atom stereocenters. The summed E-state index contributed by atoms with van der Waals surface area (Å²) < 4.78 is 25.6. The zero-order valence-electron chi connectivity index (χ0n) is 7.00. The molecule has 1 atom stereocenters. The van der Waals surface area contributed by atoms with Crippen LogP contribution in [0.1, 0.15) is 24.6 Å². The maximum atomic E-state index is 13.1. The Morgan fingerprint density at radius 1 is 1.46 bits per heavy atom. The minimum absolute atomic E-state index is 0.184. The molecule has 0 radical (unpaired) electrons. The van der Waals surface area contributed by atoms with E-state index in [9.17, 15) is 8.78 Å². The number of nitrogens with two attached hydrogens (primary N) is 1. The third-order valence-corrected chi connectivity index (χ3v) is 2.28. The molecule has 1 aliphatic carbocycles. The Labute approximate surface area is 74.8 Å².